The minimum atomic E-state index is -0.651. The maximum Gasteiger partial charge on any atom is 0.262 e. The summed E-state index contributed by atoms with van der Waals surface area (Å²) in [6.07, 6.45) is -0.651. The molecule has 0 bridgehead atoms. The molecule has 6 nitrogen and oxygen atoms in total. The predicted molar refractivity (Wildman–Crippen MR) is 105 cm³/mol. The number of rotatable bonds is 4. The third kappa shape index (κ3) is 3.03. The molecule has 1 amide bonds. The summed E-state index contributed by atoms with van der Waals surface area (Å²) in [6, 6.07) is 15.3. The van der Waals surface area contributed by atoms with Crippen LogP contribution in [0.3, 0.4) is 0 Å². The van der Waals surface area contributed by atoms with Crippen LogP contribution in [0, 0.1) is 6.92 Å². The van der Waals surface area contributed by atoms with Crippen LogP contribution < -0.4 is 15.0 Å². The second kappa shape index (κ2) is 6.79. The summed E-state index contributed by atoms with van der Waals surface area (Å²) in [6.45, 7) is 2.41. The first-order valence-electron chi connectivity index (χ1n) is 8.91. The third-order valence-corrected chi connectivity index (χ3v) is 4.91. The fraction of sp³-hybridized carbons (Fsp3) is 0.238. The van der Waals surface area contributed by atoms with Gasteiger partial charge in [0.2, 0.25) is 0 Å². The van der Waals surface area contributed by atoms with Crippen molar-refractivity contribution in [2.45, 2.75) is 13.0 Å². The molecule has 6 heteroatoms. The maximum absolute atomic E-state index is 13.2. The van der Waals surface area contributed by atoms with Gasteiger partial charge in [-0.15, -0.1) is 0 Å². The zero-order chi connectivity index (χ0) is 19.0. The average Bonchev–Trinajstić information content (AvgIpc) is 3.03. The van der Waals surface area contributed by atoms with Gasteiger partial charge in [0, 0.05) is 29.2 Å². The van der Waals surface area contributed by atoms with Gasteiger partial charge < -0.3 is 19.9 Å². The topological polar surface area (TPSA) is 74.4 Å². The number of nitrogens with zero attached hydrogens (tertiary/aromatic N) is 1. The minimum absolute atomic E-state index is 0.0114. The molecule has 0 aliphatic carbocycles. The van der Waals surface area contributed by atoms with Crippen LogP contribution in [0.5, 0.6) is 5.75 Å². The lowest BCUT2D eigenvalue weighted by Crippen LogP contribution is -2.49. The number of aromatic amines is 1. The van der Waals surface area contributed by atoms with Crippen molar-refractivity contribution in [2.75, 3.05) is 25.0 Å². The highest BCUT2D eigenvalue weighted by Gasteiger charge is 2.31. The van der Waals surface area contributed by atoms with E-state index in [2.05, 4.69) is 10.3 Å². The number of ether oxygens (including phenoxy) is 1. The van der Waals surface area contributed by atoms with Crippen LogP contribution in [0.4, 0.5) is 5.69 Å². The van der Waals surface area contributed by atoms with Crippen molar-refractivity contribution in [3.05, 3.63) is 59.8 Å². The number of aryl methyl sites for hydroxylation is 1. The zero-order valence-corrected chi connectivity index (χ0v) is 15.3. The Hall–Kier alpha value is -3.28. The number of aromatic nitrogens is 1. The highest BCUT2D eigenvalue weighted by Crippen LogP contribution is 2.33. The Kier molecular flexibility index (Phi) is 4.32. The van der Waals surface area contributed by atoms with Gasteiger partial charge >= 0.3 is 0 Å². The number of likely N-dealkylation sites (N-methyl/N-ethyl adjacent to an activating group) is 1. The van der Waals surface area contributed by atoms with E-state index in [-0.39, 0.29) is 18.2 Å². The van der Waals surface area contributed by atoms with E-state index in [9.17, 15) is 9.59 Å². The number of carbonyl (C=O) groups is 2. The number of nitrogens with one attached hydrogen (secondary N) is 2. The molecule has 0 saturated heterocycles. The number of hydrogen-bond donors (Lipinski definition) is 2. The summed E-state index contributed by atoms with van der Waals surface area (Å²) >= 11 is 0. The molecule has 0 radical (unpaired) electrons. The van der Waals surface area contributed by atoms with Crippen LogP contribution in [0.1, 0.15) is 16.1 Å². The van der Waals surface area contributed by atoms with E-state index in [1.54, 1.807) is 7.05 Å². The SMILES string of the molecule is CNC(=O)[C@H]1CN(CC(=O)c2c(C)[nH]c3ccccc23)c2ccccc2O1. The van der Waals surface area contributed by atoms with Crippen molar-refractivity contribution in [3.63, 3.8) is 0 Å². The maximum atomic E-state index is 13.2. The second-order valence-corrected chi connectivity index (χ2v) is 6.66. The van der Waals surface area contributed by atoms with Crippen molar-refractivity contribution in [3.8, 4) is 5.75 Å². The summed E-state index contributed by atoms with van der Waals surface area (Å²) in [5, 5.41) is 3.54. The second-order valence-electron chi connectivity index (χ2n) is 6.66. The molecule has 27 heavy (non-hydrogen) atoms. The standard InChI is InChI=1S/C21H21N3O3/c1-13-20(14-7-3-4-8-15(14)23-13)17(25)11-24-12-19(21(26)22-2)27-18-10-6-5-9-16(18)24/h3-10,19,23H,11-12H2,1-2H3,(H,22,26)/t19-/m1/s1. The number of hydrogen-bond acceptors (Lipinski definition) is 4. The molecule has 0 spiro atoms. The van der Waals surface area contributed by atoms with Crippen molar-refractivity contribution in [1.29, 1.82) is 0 Å². The third-order valence-electron chi connectivity index (χ3n) is 4.91. The smallest absolute Gasteiger partial charge is 0.262 e. The molecular weight excluding hydrogens is 342 g/mol. The van der Waals surface area contributed by atoms with Gasteiger partial charge in [-0.05, 0) is 25.1 Å². The summed E-state index contributed by atoms with van der Waals surface area (Å²) < 4.78 is 5.81. The molecule has 1 atom stereocenters. The highest BCUT2D eigenvalue weighted by atomic mass is 16.5. The normalized spacial score (nSPS) is 15.9. The quantitative estimate of drug-likeness (QED) is 0.699. The van der Waals surface area contributed by atoms with Crippen molar-refractivity contribution >= 4 is 28.3 Å². The number of fused-ring (bicyclic) bond motifs is 2. The molecule has 0 fully saturated rings. The number of carbonyl (C=O) groups excluding carboxylic acids is 2. The van der Waals surface area contributed by atoms with Crippen molar-refractivity contribution < 1.29 is 14.3 Å². The van der Waals surface area contributed by atoms with Gasteiger partial charge in [0.1, 0.15) is 5.75 Å². The van der Waals surface area contributed by atoms with Gasteiger partial charge in [0.05, 0.1) is 18.8 Å². The number of ketones is 1. The van der Waals surface area contributed by atoms with Gasteiger partial charge in [-0.1, -0.05) is 30.3 Å². The highest BCUT2D eigenvalue weighted by molar-refractivity contribution is 6.11. The van der Waals surface area contributed by atoms with E-state index in [1.165, 1.54) is 0 Å². The Morgan fingerprint density at radius 3 is 2.74 bits per heavy atom. The molecule has 0 saturated carbocycles. The van der Waals surface area contributed by atoms with Gasteiger partial charge in [0.25, 0.3) is 5.91 Å². The Morgan fingerprint density at radius 1 is 1.19 bits per heavy atom. The van der Waals surface area contributed by atoms with Gasteiger partial charge in [-0.2, -0.15) is 0 Å². The molecule has 1 aliphatic rings. The zero-order valence-electron chi connectivity index (χ0n) is 15.3. The van der Waals surface area contributed by atoms with Crippen LogP contribution in [0.25, 0.3) is 10.9 Å². The number of benzene rings is 2. The molecule has 1 aromatic heterocycles. The van der Waals surface area contributed by atoms with Gasteiger partial charge in [0.15, 0.2) is 11.9 Å². The van der Waals surface area contributed by atoms with Crippen LogP contribution in [0.2, 0.25) is 0 Å². The van der Waals surface area contributed by atoms with Crippen molar-refractivity contribution in [1.82, 2.24) is 10.3 Å². The molecular formula is C21H21N3O3. The number of para-hydroxylation sites is 3. The molecule has 4 rings (SSSR count). The minimum Gasteiger partial charge on any atom is -0.477 e. The monoisotopic (exact) mass is 363 g/mol. The van der Waals surface area contributed by atoms with Crippen LogP contribution in [0.15, 0.2) is 48.5 Å². The Labute approximate surface area is 157 Å². The Bertz CT molecular complexity index is 1020. The average molecular weight is 363 g/mol. The predicted octanol–water partition coefficient (Wildman–Crippen LogP) is 2.67. The first-order valence-corrected chi connectivity index (χ1v) is 8.91. The van der Waals surface area contributed by atoms with E-state index in [0.29, 0.717) is 17.9 Å². The first-order chi connectivity index (χ1) is 13.1. The molecule has 1 aliphatic heterocycles. The first kappa shape index (κ1) is 17.1. The lowest BCUT2D eigenvalue weighted by atomic mass is 10.1. The van der Waals surface area contributed by atoms with Crippen LogP contribution in [-0.4, -0.2) is 42.9 Å². The molecule has 3 aromatic rings. The lowest BCUT2D eigenvalue weighted by molar-refractivity contribution is -0.127. The van der Waals surface area contributed by atoms with E-state index in [1.807, 2.05) is 60.4 Å². The summed E-state index contributed by atoms with van der Waals surface area (Å²) in [4.78, 5) is 30.5. The fourth-order valence-electron chi connectivity index (χ4n) is 3.64. The molecule has 2 heterocycles. The lowest BCUT2D eigenvalue weighted by Gasteiger charge is -2.35. The molecule has 2 N–H and O–H groups in total. The van der Waals surface area contributed by atoms with E-state index >= 15 is 0 Å². The Balaban J connectivity index is 1.67. The summed E-state index contributed by atoms with van der Waals surface area (Å²) in [5.74, 6) is 0.420. The molecule has 2 aromatic carbocycles. The molecule has 138 valence electrons. The fourth-order valence-corrected chi connectivity index (χ4v) is 3.64. The largest absolute Gasteiger partial charge is 0.477 e. The van der Waals surface area contributed by atoms with Crippen molar-refractivity contribution in [2.24, 2.45) is 0 Å². The van der Waals surface area contributed by atoms with E-state index in [4.69, 9.17) is 4.74 Å². The molecule has 0 unspecified atom stereocenters. The van der Waals surface area contributed by atoms with E-state index in [0.717, 1.165) is 22.3 Å². The number of amides is 1. The van der Waals surface area contributed by atoms with E-state index < -0.39 is 6.10 Å². The number of Topliss-reactive ketones (excluding diaryl/α,β-unsaturated/α-hetero) is 1. The Morgan fingerprint density at radius 2 is 1.93 bits per heavy atom. The summed E-state index contributed by atoms with van der Waals surface area (Å²) in [5.41, 5.74) is 3.32. The van der Waals surface area contributed by atoms with Crippen LogP contribution >= 0.6 is 0 Å². The number of anilines is 1. The number of H-pyrrole nitrogens is 1. The van der Waals surface area contributed by atoms with Gasteiger partial charge in [-0.3, -0.25) is 9.59 Å². The van der Waals surface area contributed by atoms with Crippen LogP contribution in [-0.2, 0) is 4.79 Å². The van der Waals surface area contributed by atoms with Gasteiger partial charge in [-0.25, -0.2) is 0 Å². The summed E-state index contributed by atoms with van der Waals surface area (Å²) in [7, 11) is 1.58.